The fraction of sp³-hybridized carbons (Fsp3) is 0.533. The zero-order chi connectivity index (χ0) is 17.8. The summed E-state index contributed by atoms with van der Waals surface area (Å²) < 4.78 is 39.0. The number of pyridine rings is 1. The minimum absolute atomic E-state index is 0.0465. The van der Waals surface area contributed by atoms with E-state index in [1.165, 1.54) is 6.92 Å². The van der Waals surface area contributed by atoms with E-state index >= 15 is 0 Å². The first-order valence-corrected chi connectivity index (χ1v) is 7.96. The van der Waals surface area contributed by atoms with E-state index in [4.69, 9.17) is 5.26 Å². The van der Waals surface area contributed by atoms with E-state index in [1.54, 1.807) is 6.07 Å². The average Bonchev–Trinajstić information content (AvgIpc) is 2.43. The second-order valence-corrected chi connectivity index (χ2v) is 6.45. The molecule has 0 saturated heterocycles. The number of aryl methyl sites for hydroxylation is 1. The van der Waals surface area contributed by atoms with Crippen molar-refractivity contribution in [2.45, 2.75) is 44.9 Å². The van der Waals surface area contributed by atoms with Gasteiger partial charge >= 0.3 is 6.18 Å². The molecule has 0 spiro atoms. The average molecular weight is 345 g/mol. The zero-order valence-corrected chi connectivity index (χ0v) is 14.1. The van der Waals surface area contributed by atoms with E-state index in [-0.39, 0.29) is 34.3 Å². The van der Waals surface area contributed by atoms with Crippen LogP contribution < -0.4 is 5.32 Å². The van der Waals surface area contributed by atoms with Crippen molar-refractivity contribution in [2.24, 2.45) is 5.92 Å². The molecule has 1 rings (SSSR count). The summed E-state index contributed by atoms with van der Waals surface area (Å²) in [6.07, 6.45) is -4.64. The fourth-order valence-corrected chi connectivity index (χ4v) is 2.54. The number of amides is 1. The fourth-order valence-electron chi connectivity index (χ4n) is 1.68. The summed E-state index contributed by atoms with van der Waals surface area (Å²) in [5, 5.41) is 11.7. The maximum Gasteiger partial charge on any atom is 0.417 e. The van der Waals surface area contributed by atoms with Crippen molar-refractivity contribution >= 4 is 17.7 Å². The zero-order valence-electron chi connectivity index (χ0n) is 13.3. The van der Waals surface area contributed by atoms with Gasteiger partial charge in [-0.1, -0.05) is 25.6 Å². The first kappa shape index (κ1) is 19.3. The molecule has 0 aliphatic heterocycles. The Labute approximate surface area is 137 Å². The summed E-state index contributed by atoms with van der Waals surface area (Å²) >= 11 is 0.832. The Morgan fingerprint density at radius 2 is 2.04 bits per heavy atom. The van der Waals surface area contributed by atoms with Gasteiger partial charge in [0.05, 0.1) is 16.9 Å². The number of halogens is 3. The highest BCUT2D eigenvalue weighted by Gasteiger charge is 2.35. The summed E-state index contributed by atoms with van der Waals surface area (Å²) in [5.41, 5.74) is -1.42. The van der Waals surface area contributed by atoms with Gasteiger partial charge in [0.15, 0.2) is 0 Å². The predicted molar refractivity (Wildman–Crippen MR) is 81.9 cm³/mol. The highest BCUT2D eigenvalue weighted by atomic mass is 32.2. The van der Waals surface area contributed by atoms with Gasteiger partial charge in [0.1, 0.15) is 11.1 Å². The van der Waals surface area contributed by atoms with E-state index in [9.17, 15) is 18.0 Å². The van der Waals surface area contributed by atoms with E-state index < -0.39 is 17.3 Å². The van der Waals surface area contributed by atoms with Crippen LogP contribution in [0.25, 0.3) is 0 Å². The van der Waals surface area contributed by atoms with Crippen molar-refractivity contribution in [2.75, 3.05) is 5.75 Å². The molecular weight excluding hydrogens is 327 g/mol. The molecule has 1 N–H and O–H groups in total. The number of carbonyl (C=O) groups excluding carboxylic acids is 1. The number of rotatable bonds is 5. The monoisotopic (exact) mass is 345 g/mol. The molecule has 4 nitrogen and oxygen atoms in total. The van der Waals surface area contributed by atoms with Gasteiger partial charge in [-0.2, -0.15) is 18.4 Å². The lowest BCUT2D eigenvalue weighted by atomic mass is 10.1. The van der Waals surface area contributed by atoms with Crippen molar-refractivity contribution in [1.82, 2.24) is 10.3 Å². The lowest BCUT2D eigenvalue weighted by Crippen LogP contribution is -2.37. The third-order valence-electron chi connectivity index (χ3n) is 3.26. The minimum Gasteiger partial charge on any atom is -0.353 e. The molecule has 1 atom stereocenters. The van der Waals surface area contributed by atoms with E-state index in [0.29, 0.717) is 0 Å². The van der Waals surface area contributed by atoms with Gasteiger partial charge in [-0.25, -0.2) is 4.98 Å². The van der Waals surface area contributed by atoms with Crippen molar-refractivity contribution in [3.63, 3.8) is 0 Å². The van der Waals surface area contributed by atoms with Crippen molar-refractivity contribution < 1.29 is 18.0 Å². The summed E-state index contributed by atoms with van der Waals surface area (Å²) in [7, 11) is 0. The van der Waals surface area contributed by atoms with Crippen molar-refractivity contribution in [3.05, 3.63) is 22.9 Å². The molecule has 0 aliphatic rings. The Bertz CT molecular complexity index is 624. The maximum atomic E-state index is 13.0. The van der Waals surface area contributed by atoms with Crippen LogP contribution in [0, 0.1) is 24.2 Å². The van der Waals surface area contributed by atoms with Crippen molar-refractivity contribution in [3.8, 4) is 6.07 Å². The lowest BCUT2D eigenvalue weighted by molar-refractivity contribution is -0.138. The molecule has 0 bridgehead atoms. The summed E-state index contributed by atoms with van der Waals surface area (Å²) in [4.78, 5) is 15.8. The Hall–Kier alpha value is -1.75. The number of thioether (sulfide) groups is 1. The van der Waals surface area contributed by atoms with Crippen LogP contribution in [0.3, 0.4) is 0 Å². The molecule has 126 valence electrons. The van der Waals surface area contributed by atoms with E-state index in [0.717, 1.165) is 17.8 Å². The number of aromatic nitrogens is 1. The molecule has 8 heteroatoms. The molecule has 0 radical (unpaired) electrons. The summed E-state index contributed by atoms with van der Waals surface area (Å²) in [6.45, 7) is 7.16. The minimum atomic E-state index is -4.64. The molecule has 0 fully saturated rings. The molecule has 1 unspecified atom stereocenters. The SMILES string of the molecule is Cc1cc(C(F)(F)F)c(C#N)c(SCC(=O)NC(C)C(C)C)n1. The van der Waals surface area contributed by atoms with Gasteiger partial charge in [-0.05, 0) is 25.8 Å². The molecule has 23 heavy (non-hydrogen) atoms. The topological polar surface area (TPSA) is 65.8 Å². The van der Waals surface area contributed by atoms with Crippen LogP contribution in [0.15, 0.2) is 11.1 Å². The van der Waals surface area contributed by atoms with Gasteiger partial charge < -0.3 is 5.32 Å². The van der Waals surface area contributed by atoms with E-state index in [2.05, 4.69) is 10.3 Å². The molecule has 0 saturated carbocycles. The number of alkyl halides is 3. The number of hydrogen-bond acceptors (Lipinski definition) is 4. The summed E-state index contributed by atoms with van der Waals surface area (Å²) in [6, 6.07) is 2.34. The Morgan fingerprint density at radius 1 is 1.43 bits per heavy atom. The van der Waals surface area contributed by atoms with Crippen LogP contribution in [-0.2, 0) is 11.0 Å². The molecule has 1 amide bonds. The van der Waals surface area contributed by atoms with Gasteiger partial charge in [0.25, 0.3) is 0 Å². The predicted octanol–water partition coefficient (Wildman–Crippen LogP) is 3.53. The summed E-state index contributed by atoms with van der Waals surface area (Å²) in [5.74, 6) is -0.163. The third-order valence-corrected chi connectivity index (χ3v) is 4.24. The van der Waals surface area contributed by atoms with Crippen LogP contribution in [0.4, 0.5) is 13.2 Å². The number of nitrogens with zero attached hydrogens (tertiary/aromatic N) is 2. The van der Waals surface area contributed by atoms with Gasteiger partial charge in [-0.3, -0.25) is 4.79 Å². The quantitative estimate of drug-likeness (QED) is 0.829. The van der Waals surface area contributed by atoms with Crippen LogP contribution in [0.2, 0.25) is 0 Å². The van der Waals surface area contributed by atoms with E-state index in [1.807, 2.05) is 20.8 Å². The van der Waals surface area contributed by atoms with Crippen LogP contribution >= 0.6 is 11.8 Å². The number of nitrogens with one attached hydrogen (secondary N) is 1. The second kappa shape index (κ2) is 7.68. The van der Waals surface area contributed by atoms with Crippen LogP contribution in [-0.4, -0.2) is 22.7 Å². The molecule has 0 aliphatic carbocycles. The van der Waals surface area contributed by atoms with Gasteiger partial charge in [-0.15, -0.1) is 0 Å². The molecular formula is C15H18F3N3OS. The van der Waals surface area contributed by atoms with Crippen LogP contribution in [0.1, 0.15) is 37.6 Å². The first-order valence-electron chi connectivity index (χ1n) is 6.97. The Balaban J connectivity index is 2.95. The molecule has 0 aromatic carbocycles. The smallest absolute Gasteiger partial charge is 0.353 e. The van der Waals surface area contributed by atoms with Crippen LogP contribution in [0.5, 0.6) is 0 Å². The highest BCUT2D eigenvalue weighted by Crippen LogP contribution is 2.35. The highest BCUT2D eigenvalue weighted by molar-refractivity contribution is 8.00. The second-order valence-electron chi connectivity index (χ2n) is 5.49. The standard InChI is InChI=1S/C15H18F3N3OS/c1-8(2)10(4)21-13(22)7-23-14-11(6-19)12(15(16,17)18)5-9(3)20-14/h5,8,10H,7H2,1-4H3,(H,21,22). The normalized spacial score (nSPS) is 12.8. The van der Waals surface area contributed by atoms with Crippen molar-refractivity contribution in [1.29, 1.82) is 5.26 Å². The third kappa shape index (κ3) is 5.43. The number of nitriles is 1. The first-order chi connectivity index (χ1) is 10.6. The lowest BCUT2D eigenvalue weighted by Gasteiger charge is -2.17. The molecule has 1 heterocycles. The number of carbonyl (C=O) groups is 1. The molecule has 1 aromatic heterocycles. The Morgan fingerprint density at radius 3 is 2.52 bits per heavy atom. The van der Waals surface area contributed by atoms with Gasteiger partial charge in [0.2, 0.25) is 5.91 Å². The Kier molecular flexibility index (Phi) is 6.45. The maximum absolute atomic E-state index is 13.0. The number of hydrogen-bond donors (Lipinski definition) is 1. The van der Waals surface area contributed by atoms with Gasteiger partial charge in [0, 0.05) is 11.7 Å². The largest absolute Gasteiger partial charge is 0.417 e. The molecule has 1 aromatic rings.